The molecule has 0 aromatic heterocycles. The number of esters is 2. The summed E-state index contributed by atoms with van der Waals surface area (Å²) in [5, 5.41) is 0. The second-order valence-corrected chi connectivity index (χ2v) is 16.4. The third kappa shape index (κ3) is 39.4. The summed E-state index contributed by atoms with van der Waals surface area (Å²) in [5.41, 5.74) is 0. The summed E-state index contributed by atoms with van der Waals surface area (Å²) in [5.74, 6) is -0.884. The number of hydrogen-bond acceptors (Lipinski definition) is 8. The lowest BCUT2D eigenvalue weighted by molar-refractivity contribution is -0.870. The van der Waals surface area contributed by atoms with E-state index in [1.807, 2.05) is 21.1 Å². The Hall–Kier alpha value is -2.29. The van der Waals surface area contributed by atoms with Crippen LogP contribution in [0.4, 0.5) is 0 Å². The Labute approximate surface area is 330 Å². The van der Waals surface area contributed by atoms with Gasteiger partial charge in [0.05, 0.1) is 27.7 Å². The van der Waals surface area contributed by atoms with Crippen LogP contribution in [0.15, 0.2) is 60.8 Å². The fourth-order valence-corrected chi connectivity index (χ4v) is 5.96. The van der Waals surface area contributed by atoms with Crippen LogP contribution >= 0.6 is 7.82 Å². The van der Waals surface area contributed by atoms with Gasteiger partial charge < -0.3 is 27.9 Å². The molecule has 2 atom stereocenters. The molecule has 0 fully saturated rings. The third-order valence-corrected chi connectivity index (χ3v) is 9.49. The summed E-state index contributed by atoms with van der Waals surface area (Å²) in [6, 6.07) is 0. The van der Waals surface area contributed by atoms with Crippen LogP contribution in [0.1, 0.15) is 155 Å². The number of ether oxygens (including phenoxy) is 2. The minimum Gasteiger partial charge on any atom is -0.756 e. The average Bonchev–Trinajstić information content (AvgIpc) is 3.12. The van der Waals surface area contributed by atoms with Gasteiger partial charge in [0.25, 0.3) is 7.82 Å². The van der Waals surface area contributed by atoms with Crippen molar-refractivity contribution < 1.29 is 42.1 Å². The summed E-state index contributed by atoms with van der Waals surface area (Å²) in [6.07, 6.45) is 42.5. The van der Waals surface area contributed by atoms with Crippen molar-refractivity contribution in [1.29, 1.82) is 0 Å². The van der Waals surface area contributed by atoms with E-state index < -0.39 is 32.5 Å². The second-order valence-electron chi connectivity index (χ2n) is 15.0. The van der Waals surface area contributed by atoms with Gasteiger partial charge in [-0.3, -0.25) is 14.2 Å². The quantitative estimate of drug-likeness (QED) is 0.0201. The maximum atomic E-state index is 12.6. The van der Waals surface area contributed by atoms with Gasteiger partial charge in [0, 0.05) is 12.8 Å². The predicted molar refractivity (Wildman–Crippen MR) is 222 cm³/mol. The van der Waals surface area contributed by atoms with Crippen molar-refractivity contribution >= 4 is 19.8 Å². The first-order chi connectivity index (χ1) is 26.0. The Balaban J connectivity index is 4.43. The van der Waals surface area contributed by atoms with Crippen molar-refractivity contribution in [3.8, 4) is 0 Å². The molecule has 0 saturated carbocycles. The number of rotatable bonds is 37. The van der Waals surface area contributed by atoms with E-state index in [1.54, 1.807) is 0 Å². The highest BCUT2D eigenvalue weighted by Crippen LogP contribution is 2.38. The first kappa shape index (κ1) is 51.7. The number of carbonyl (C=O) groups is 2. The number of hydrogen-bond donors (Lipinski definition) is 0. The molecular weight excluding hydrogens is 701 g/mol. The van der Waals surface area contributed by atoms with Gasteiger partial charge in [-0.05, 0) is 77.0 Å². The van der Waals surface area contributed by atoms with Crippen LogP contribution < -0.4 is 4.89 Å². The lowest BCUT2D eigenvalue weighted by atomic mass is 10.1. The first-order valence-electron chi connectivity index (χ1n) is 21.0. The number of phosphoric ester groups is 1. The van der Waals surface area contributed by atoms with E-state index in [0.29, 0.717) is 23.9 Å². The van der Waals surface area contributed by atoms with Crippen molar-refractivity contribution in [2.24, 2.45) is 0 Å². The molecule has 0 aliphatic carbocycles. The predicted octanol–water partition coefficient (Wildman–Crippen LogP) is 11.1. The lowest BCUT2D eigenvalue weighted by Crippen LogP contribution is -2.37. The molecule has 0 bridgehead atoms. The van der Waals surface area contributed by atoms with Crippen molar-refractivity contribution in [3.05, 3.63) is 60.8 Å². The molecule has 312 valence electrons. The zero-order valence-electron chi connectivity index (χ0n) is 34.9. The first-order valence-corrected chi connectivity index (χ1v) is 22.5. The molecule has 54 heavy (non-hydrogen) atoms. The van der Waals surface area contributed by atoms with Crippen molar-refractivity contribution in [3.63, 3.8) is 0 Å². The van der Waals surface area contributed by atoms with E-state index in [4.69, 9.17) is 18.5 Å². The summed E-state index contributed by atoms with van der Waals surface area (Å²) in [6.45, 7) is 4.02. The maximum Gasteiger partial charge on any atom is 0.306 e. The van der Waals surface area contributed by atoms with E-state index in [2.05, 4.69) is 74.6 Å². The third-order valence-electron chi connectivity index (χ3n) is 8.52. The topological polar surface area (TPSA) is 111 Å². The summed E-state index contributed by atoms with van der Waals surface area (Å²) in [7, 11) is 1.13. The fourth-order valence-electron chi connectivity index (χ4n) is 5.23. The minimum absolute atomic E-state index is 0.0407. The Bertz CT molecular complexity index is 1110. The van der Waals surface area contributed by atoms with Crippen LogP contribution in [0, 0.1) is 0 Å². The molecule has 0 saturated heterocycles. The van der Waals surface area contributed by atoms with E-state index in [-0.39, 0.29) is 26.1 Å². The van der Waals surface area contributed by atoms with Crippen LogP contribution in [0.25, 0.3) is 0 Å². The van der Waals surface area contributed by atoms with Crippen LogP contribution in [0.5, 0.6) is 0 Å². The van der Waals surface area contributed by atoms with Crippen LogP contribution in [-0.4, -0.2) is 70.0 Å². The SMILES string of the molecule is CC/C=C\C/C=C\C/C=C\CCCCCC(=O)OC(COC(=O)CCCCCCCCC/C=C\C/C=C\CCCCC)COP(=O)([O-])OCC[N+](C)(C)C. The molecule has 0 aromatic rings. The number of allylic oxidation sites excluding steroid dienone is 10. The second kappa shape index (κ2) is 36.4. The number of unbranched alkanes of at least 4 members (excludes halogenated alkanes) is 13. The molecular formula is C44H78NO8P. The van der Waals surface area contributed by atoms with Gasteiger partial charge in [-0.15, -0.1) is 0 Å². The van der Waals surface area contributed by atoms with Crippen molar-refractivity contribution in [2.45, 2.75) is 161 Å². The smallest absolute Gasteiger partial charge is 0.306 e. The molecule has 0 aliphatic heterocycles. The molecule has 0 aromatic carbocycles. The number of quaternary nitrogens is 1. The number of nitrogens with zero attached hydrogens (tertiary/aromatic N) is 1. The zero-order chi connectivity index (χ0) is 40.0. The van der Waals surface area contributed by atoms with Crippen molar-refractivity contribution in [1.82, 2.24) is 0 Å². The molecule has 0 heterocycles. The average molecular weight is 780 g/mol. The van der Waals surface area contributed by atoms with Gasteiger partial charge in [0.15, 0.2) is 6.10 Å². The van der Waals surface area contributed by atoms with Gasteiger partial charge in [-0.1, -0.05) is 126 Å². The standard InChI is InChI=1S/C44H78NO8P/c1-6-8-10-12-14-16-18-20-21-22-23-25-26-28-30-32-34-36-43(46)50-40-42(41-52-54(48,49)51-39-38-45(3,4)5)53-44(47)37-35-33-31-29-27-24-19-17-15-13-11-9-7-2/h9,11,14-17,20-21,24,27,42H,6-8,10,12-13,18-19,22-23,25-26,28-41H2,1-5H3/b11-9-,16-14-,17-15-,21-20-,27-24-. The summed E-state index contributed by atoms with van der Waals surface area (Å²) >= 11 is 0. The summed E-state index contributed by atoms with van der Waals surface area (Å²) in [4.78, 5) is 37.4. The Morgan fingerprint density at radius 3 is 1.59 bits per heavy atom. The Morgan fingerprint density at radius 2 is 1.06 bits per heavy atom. The highest BCUT2D eigenvalue weighted by Gasteiger charge is 2.21. The van der Waals surface area contributed by atoms with E-state index >= 15 is 0 Å². The molecule has 10 heteroatoms. The normalized spacial score (nSPS) is 14.3. The fraction of sp³-hybridized carbons (Fsp3) is 0.727. The van der Waals surface area contributed by atoms with Gasteiger partial charge in [0.2, 0.25) is 0 Å². The van der Waals surface area contributed by atoms with Crippen LogP contribution in [-0.2, 0) is 32.7 Å². The zero-order valence-corrected chi connectivity index (χ0v) is 35.8. The molecule has 0 rings (SSSR count). The highest BCUT2D eigenvalue weighted by molar-refractivity contribution is 7.45. The molecule has 2 unspecified atom stereocenters. The molecule has 0 amide bonds. The highest BCUT2D eigenvalue weighted by atomic mass is 31.2. The summed E-state index contributed by atoms with van der Waals surface area (Å²) < 4.78 is 33.8. The molecule has 0 N–H and O–H groups in total. The molecule has 0 spiro atoms. The van der Waals surface area contributed by atoms with Crippen LogP contribution in [0.3, 0.4) is 0 Å². The molecule has 0 aliphatic rings. The monoisotopic (exact) mass is 780 g/mol. The van der Waals surface area contributed by atoms with Gasteiger partial charge in [-0.25, -0.2) is 0 Å². The Morgan fingerprint density at radius 1 is 0.593 bits per heavy atom. The molecule has 9 nitrogen and oxygen atoms in total. The van der Waals surface area contributed by atoms with Gasteiger partial charge in [0.1, 0.15) is 19.8 Å². The van der Waals surface area contributed by atoms with E-state index in [9.17, 15) is 19.0 Å². The van der Waals surface area contributed by atoms with E-state index in [0.717, 1.165) is 70.6 Å². The largest absolute Gasteiger partial charge is 0.756 e. The maximum absolute atomic E-state index is 12.6. The number of carbonyl (C=O) groups excluding carboxylic acids is 2. The lowest BCUT2D eigenvalue weighted by Gasteiger charge is -2.28. The van der Waals surface area contributed by atoms with E-state index in [1.165, 1.54) is 44.9 Å². The number of phosphoric acid groups is 1. The number of likely N-dealkylation sites (N-methyl/N-ethyl adjacent to an activating group) is 1. The minimum atomic E-state index is -4.63. The van der Waals surface area contributed by atoms with Gasteiger partial charge >= 0.3 is 11.9 Å². The molecule has 0 radical (unpaired) electrons. The Kier molecular flexibility index (Phi) is 34.8. The van der Waals surface area contributed by atoms with Crippen LogP contribution in [0.2, 0.25) is 0 Å². The van der Waals surface area contributed by atoms with Crippen molar-refractivity contribution in [2.75, 3.05) is 47.5 Å². The van der Waals surface area contributed by atoms with Gasteiger partial charge in [-0.2, -0.15) is 0 Å².